The minimum Gasteiger partial charge on any atom is -0.494 e. The molecule has 13 heteroatoms. The van der Waals surface area contributed by atoms with E-state index in [4.69, 9.17) is 18.3 Å². The first-order chi connectivity index (χ1) is 22.1. The molecule has 12 nitrogen and oxygen atoms in total. The molecule has 0 bridgehead atoms. The zero-order chi connectivity index (χ0) is 32.4. The lowest BCUT2D eigenvalue weighted by Gasteiger charge is -2.17. The lowest BCUT2D eigenvalue weighted by molar-refractivity contribution is -0.114. The maximum Gasteiger partial charge on any atom is 0.284 e. The van der Waals surface area contributed by atoms with Gasteiger partial charge in [-0.3, -0.25) is 4.79 Å². The summed E-state index contributed by atoms with van der Waals surface area (Å²) in [6, 6.07) is 9.42. The summed E-state index contributed by atoms with van der Waals surface area (Å²) in [6.45, 7) is 2.55. The van der Waals surface area contributed by atoms with Crippen LogP contribution in [-0.2, 0) is 4.79 Å². The van der Waals surface area contributed by atoms with Crippen LogP contribution in [0, 0.1) is 6.92 Å². The first kappa shape index (κ1) is 24.3. The zero-order valence-electron chi connectivity index (χ0n) is 26.2. The SMILES string of the molecule is [2H]C([2H])([2H])Oc1cc(Oc2ccn3ncnc3c2)c(C)cc1Nc1ncnc2cc(OC)c(NC(=O)C(F)=CC3CCCN3)cc12. The molecule has 1 atom stereocenters. The first-order valence-electron chi connectivity index (χ1n) is 14.9. The van der Waals surface area contributed by atoms with Crippen LogP contribution in [0.15, 0.2) is 67.2 Å². The number of carbonyl (C=O) groups excluding carboxylic acids is 1. The molecule has 4 heterocycles. The number of carbonyl (C=O) groups is 1. The largest absolute Gasteiger partial charge is 0.494 e. The summed E-state index contributed by atoms with van der Waals surface area (Å²) < 4.78 is 56.4. The number of aryl methyl sites for hydroxylation is 1. The van der Waals surface area contributed by atoms with Crippen molar-refractivity contribution in [1.29, 1.82) is 0 Å². The van der Waals surface area contributed by atoms with E-state index in [1.165, 1.54) is 31.9 Å². The van der Waals surface area contributed by atoms with Gasteiger partial charge in [0.15, 0.2) is 11.5 Å². The summed E-state index contributed by atoms with van der Waals surface area (Å²) in [5, 5.41) is 13.3. The van der Waals surface area contributed by atoms with Crippen LogP contribution in [0.2, 0.25) is 0 Å². The predicted octanol–water partition coefficient (Wildman–Crippen LogP) is 5.08. The van der Waals surface area contributed by atoms with Gasteiger partial charge in [0.1, 0.15) is 41.5 Å². The van der Waals surface area contributed by atoms with Crippen molar-refractivity contribution in [3.05, 3.63) is 72.7 Å². The van der Waals surface area contributed by atoms with Crippen molar-refractivity contribution in [3.63, 3.8) is 0 Å². The lowest BCUT2D eigenvalue weighted by atomic mass is 10.1. The number of benzene rings is 2. The number of pyridine rings is 1. The van der Waals surface area contributed by atoms with Crippen LogP contribution in [0.3, 0.4) is 0 Å². The Morgan fingerprint density at radius 2 is 2.00 bits per heavy atom. The molecule has 1 unspecified atom stereocenters. The van der Waals surface area contributed by atoms with Gasteiger partial charge in [0, 0.05) is 35.8 Å². The van der Waals surface area contributed by atoms with E-state index in [0.29, 0.717) is 33.6 Å². The van der Waals surface area contributed by atoms with Crippen LogP contribution < -0.4 is 30.2 Å². The van der Waals surface area contributed by atoms with E-state index in [2.05, 4.69) is 36.0 Å². The minimum absolute atomic E-state index is 0.0364. The Kier molecular flexibility index (Phi) is 6.73. The number of ether oxygens (including phenoxy) is 3. The quantitative estimate of drug-likeness (QED) is 0.200. The second kappa shape index (κ2) is 11.9. The Morgan fingerprint density at radius 1 is 1.12 bits per heavy atom. The highest BCUT2D eigenvalue weighted by Crippen LogP contribution is 2.39. The third-order valence-electron chi connectivity index (χ3n) is 6.99. The fourth-order valence-electron chi connectivity index (χ4n) is 4.81. The predicted molar refractivity (Wildman–Crippen MR) is 159 cm³/mol. The highest BCUT2D eigenvalue weighted by Gasteiger charge is 2.19. The molecule has 43 heavy (non-hydrogen) atoms. The molecule has 0 spiro atoms. The monoisotopic (exact) mass is 587 g/mol. The van der Waals surface area contributed by atoms with E-state index in [1.807, 2.05) is 0 Å². The normalized spacial score (nSPS) is 16.4. The first-order valence-corrected chi connectivity index (χ1v) is 13.4. The summed E-state index contributed by atoms with van der Waals surface area (Å²) in [4.78, 5) is 25.5. The second-order valence-corrected chi connectivity index (χ2v) is 9.83. The van der Waals surface area contributed by atoms with Crippen LogP contribution in [-0.4, -0.2) is 57.2 Å². The molecule has 0 saturated carbocycles. The van der Waals surface area contributed by atoms with Gasteiger partial charge in [-0.2, -0.15) is 5.10 Å². The highest BCUT2D eigenvalue weighted by atomic mass is 19.1. The van der Waals surface area contributed by atoms with Crippen LogP contribution in [0.1, 0.15) is 22.5 Å². The Morgan fingerprint density at radius 3 is 2.81 bits per heavy atom. The smallest absolute Gasteiger partial charge is 0.284 e. The molecule has 3 aromatic heterocycles. The number of nitrogens with one attached hydrogen (secondary N) is 3. The lowest BCUT2D eigenvalue weighted by Crippen LogP contribution is -2.21. The van der Waals surface area contributed by atoms with Crippen molar-refractivity contribution in [1.82, 2.24) is 29.9 Å². The van der Waals surface area contributed by atoms with Crippen molar-refractivity contribution in [2.24, 2.45) is 0 Å². The average Bonchev–Trinajstić information content (AvgIpc) is 3.70. The number of hydrogen-bond acceptors (Lipinski definition) is 10. The molecule has 6 rings (SSSR count). The van der Waals surface area contributed by atoms with Crippen LogP contribution >= 0.6 is 0 Å². The van der Waals surface area contributed by atoms with Crippen molar-refractivity contribution in [3.8, 4) is 23.0 Å². The molecule has 1 amide bonds. The maximum atomic E-state index is 14.7. The van der Waals surface area contributed by atoms with Crippen molar-refractivity contribution >= 4 is 39.6 Å². The van der Waals surface area contributed by atoms with Gasteiger partial charge in [-0.1, -0.05) is 0 Å². The number of methoxy groups -OCH3 is 2. The topological polar surface area (TPSA) is 137 Å². The van der Waals surface area contributed by atoms with E-state index < -0.39 is 18.8 Å². The molecule has 1 fully saturated rings. The molecule has 1 aliphatic rings. The molecule has 5 aromatic rings. The Labute approximate surface area is 250 Å². The van der Waals surface area contributed by atoms with E-state index in [1.54, 1.807) is 48.0 Å². The number of nitrogens with zero attached hydrogens (tertiary/aromatic N) is 5. The third-order valence-corrected chi connectivity index (χ3v) is 6.99. The van der Waals surface area contributed by atoms with Gasteiger partial charge in [0.2, 0.25) is 0 Å². The summed E-state index contributed by atoms with van der Waals surface area (Å²) in [5.74, 6) is -0.569. The van der Waals surface area contributed by atoms with E-state index in [9.17, 15) is 9.18 Å². The molecule has 2 aromatic carbocycles. The minimum atomic E-state index is -2.78. The van der Waals surface area contributed by atoms with Crippen molar-refractivity contribution in [2.75, 3.05) is 31.3 Å². The third kappa shape index (κ3) is 5.88. The fourth-order valence-corrected chi connectivity index (χ4v) is 4.81. The van der Waals surface area contributed by atoms with Gasteiger partial charge in [-0.15, -0.1) is 0 Å². The standard InChI is InChI=1S/C30H29FN8O4/c1-17-9-23(27(42-3)14-25(17)43-19-6-8-39-28(11-19)34-16-36-39)37-29-20-12-24(26(41-2)13-22(20)33-15-35-29)38-30(40)21(31)10-18-5-4-7-32-18/h6,8-16,18,32H,4-5,7H2,1-3H3,(H,38,40)(H,33,35,37)/i3D3. The Bertz CT molecular complexity index is 1960. The van der Waals surface area contributed by atoms with E-state index >= 15 is 0 Å². The highest BCUT2D eigenvalue weighted by molar-refractivity contribution is 6.05. The molecular weight excluding hydrogens is 555 g/mol. The zero-order valence-corrected chi connectivity index (χ0v) is 23.2. The molecular formula is C30H29FN8O4. The summed E-state index contributed by atoms with van der Waals surface area (Å²) in [7, 11) is -1.37. The van der Waals surface area contributed by atoms with E-state index in [0.717, 1.165) is 19.4 Å². The number of amides is 1. The number of anilines is 3. The number of fused-ring (bicyclic) bond motifs is 2. The summed E-state index contributed by atoms with van der Waals surface area (Å²) in [5.41, 5.74) is 2.11. The molecule has 0 aliphatic carbocycles. The van der Waals surface area contributed by atoms with Crippen molar-refractivity contribution < 1.29 is 27.5 Å². The van der Waals surface area contributed by atoms with Crippen LogP contribution in [0.25, 0.3) is 16.6 Å². The van der Waals surface area contributed by atoms with Crippen LogP contribution in [0.5, 0.6) is 23.0 Å². The number of hydrogen-bond donors (Lipinski definition) is 3. The van der Waals surface area contributed by atoms with Crippen LogP contribution in [0.4, 0.5) is 21.6 Å². The second-order valence-electron chi connectivity index (χ2n) is 9.83. The molecule has 1 aliphatic heterocycles. The molecule has 220 valence electrons. The number of halogens is 1. The van der Waals surface area contributed by atoms with Crippen molar-refractivity contribution in [2.45, 2.75) is 25.8 Å². The Hall–Kier alpha value is -5.30. The average molecular weight is 588 g/mol. The van der Waals surface area contributed by atoms with Gasteiger partial charge in [-0.05, 0) is 56.1 Å². The van der Waals surface area contributed by atoms with Gasteiger partial charge in [-0.25, -0.2) is 23.9 Å². The summed E-state index contributed by atoms with van der Waals surface area (Å²) >= 11 is 0. The molecule has 0 radical (unpaired) electrons. The molecule has 1 saturated heterocycles. The maximum absolute atomic E-state index is 14.7. The Balaban J connectivity index is 1.33. The molecule has 3 N–H and O–H groups in total. The van der Waals surface area contributed by atoms with Gasteiger partial charge >= 0.3 is 0 Å². The van der Waals surface area contributed by atoms with Gasteiger partial charge in [0.05, 0.1) is 35.2 Å². The van der Waals surface area contributed by atoms with Gasteiger partial charge < -0.3 is 30.2 Å². The van der Waals surface area contributed by atoms with Gasteiger partial charge in [0.25, 0.3) is 5.91 Å². The fraction of sp³-hybridized carbons (Fsp3) is 0.233. The number of rotatable bonds is 9. The number of aromatic nitrogens is 5. The van der Waals surface area contributed by atoms with E-state index in [-0.39, 0.29) is 34.7 Å². The summed E-state index contributed by atoms with van der Waals surface area (Å²) in [6.07, 6.45) is 7.33.